The van der Waals surface area contributed by atoms with Gasteiger partial charge in [0.15, 0.2) is 0 Å². The highest BCUT2D eigenvalue weighted by molar-refractivity contribution is 6.03. The molecule has 0 saturated carbocycles. The predicted molar refractivity (Wildman–Crippen MR) is 119 cm³/mol. The first-order valence-electron chi connectivity index (χ1n) is 10.9. The molecule has 0 aromatic heterocycles. The second-order valence-corrected chi connectivity index (χ2v) is 9.12. The van der Waals surface area contributed by atoms with E-state index in [0.29, 0.717) is 6.54 Å². The van der Waals surface area contributed by atoms with E-state index in [1.807, 2.05) is 12.1 Å². The number of nitrogens with zero attached hydrogens (tertiary/aromatic N) is 1. The summed E-state index contributed by atoms with van der Waals surface area (Å²) < 4.78 is 32.7. The lowest BCUT2D eigenvalue weighted by Crippen LogP contribution is -2.58. The van der Waals surface area contributed by atoms with Gasteiger partial charge in [0.1, 0.15) is 0 Å². The fourth-order valence-corrected chi connectivity index (χ4v) is 4.22. The summed E-state index contributed by atoms with van der Waals surface area (Å²) in [7, 11) is -4.69. The molecule has 0 bridgehead atoms. The first-order valence-corrected chi connectivity index (χ1v) is 12.1. The number of halogens is 1. The molecule has 7 nitrogen and oxygen atoms in total. The van der Waals surface area contributed by atoms with Crippen molar-refractivity contribution in [3.63, 3.8) is 0 Å². The SMILES string of the molecule is Cc1ccc2ccccc2c1NC(=O)CN1CCC(Cc2ccccc2)CC1.[O-][Cl+3]([O-])([O-])O. The molecule has 2 N–H and O–H groups in total. The van der Waals surface area contributed by atoms with Gasteiger partial charge in [-0.3, -0.25) is 9.69 Å². The third-order valence-corrected chi connectivity index (χ3v) is 5.84. The molecular formula is C25H29ClN2O5. The Morgan fingerprint density at radius 1 is 1.00 bits per heavy atom. The Morgan fingerprint density at radius 3 is 2.27 bits per heavy atom. The molecule has 1 aliphatic rings. The molecular weight excluding hydrogens is 444 g/mol. The standard InChI is InChI=1S/C25H28N2O.ClHO4/c1-19-11-12-22-9-5-6-10-23(22)25(19)26-24(28)18-27-15-13-21(14-16-27)17-20-7-3-2-4-8-20;2-1(3,4)5/h2-12,21H,13-18H2,1H3,(H,26,28);(H,2,3,4,5). The zero-order valence-corrected chi connectivity index (χ0v) is 19.3. The van der Waals surface area contributed by atoms with E-state index in [9.17, 15) is 4.79 Å². The lowest BCUT2D eigenvalue weighted by molar-refractivity contribution is -1.92. The minimum Gasteiger partial charge on any atom is -0.324 e. The van der Waals surface area contributed by atoms with Crippen LogP contribution in [0.5, 0.6) is 0 Å². The molecule has 33 heavy (non-hydrogen) atoms. The minimum absolute atomic E-state index is 0.0842. The summed E-state index contributed by atoms with van der Waals surface area (Å²) >= 11 is 0. The highest BCUT2D eigenvalue weighted by Crippen LogP contribution is 2.27. The number of benzene rings is 3. The Hall–Kier alpha value is -2.52. The van der Waals surface area contributed by atoms with E-state index < -0.39 is 10.2 Å². The van der Waals surface area contributed by atoms with Crippen molar-refractivity contribution in [1.29, 1.82) is 0 Å². The van der Waals surface area contributed by atoms with Gasteiger partial charge in [0.05, 0.1) is 27.1 Å². The maximum absolute atomic E-state index is 12.7. The van der Waals surface area contributed by atoms with Crippen LogP contribution in [-0.4, -0.2) is 35.1 Å². The van der Waals surface area contributed by atoms with Crippen molar-refractivity contribution in [2.24, 2.45) is 5.92 Å². The van der Waals surface area contributed by atoms with E-state index in [4.69, 9.17) is 18.6 Å². The van der Waals surface area contributed by atoms with Crippen molar-refractivity contribution in [3.8, 4) is 0 Å². The van der Waals surface area contributed by atoms with Crippen molar-refractivity contribution < 1.29 is 33.7 Å². The number of fused-ring (bicyclic) bond motifs is 1. The van der Waals surface area contributed by atoms with Crippen molar-refractivity contribution in [2.45, 2.75) is 26.2 Å². The highest BCUT2D eigenvalue weighted by Gasteiger charge is 2.21. The molecule has 1 heterocycles. The Labute approximate surface area is 196 Å². The molecule has 8 heteroatoms. The average molecular weight is 473 g/mol. The smallest absolute Gasteiger partial charge is 0.238 e. The lowest BCUT2D eigenvalue weighted by atomic mass is 9.90. The van der Waals surface area contributed by atoms with Gasteiger partial charge in [-0.25, -0.2) is 0 Å². The molecule has 1 aliphatic heterocycles. The third-order valence-electron chi connectivity index (χ3n) is 5.84. The van der Waals surface area contributed by atoms with Crippen molar-refractivity contribution in [3.05, 3.63) is 77.9 Å². The number of hydrogen-bond donors (Lipinski definition) is 2. The predicted octanol–water partition coefficient (Wildman–Crippen LogP) is 0.917. The summed E-state index contributed by atoms with van der Waals surface area (Å²) in [5, 5.41) is 5.44. The summed E-state index contributed by atoms with van der Waals surface area (Å²) in [4.78, 5) is 15.0. The van der Waals surface area contributed by atoms with Gasteiger partial charge in [-0.1, -0.05) is 66.7 Å². The topological polar surface area (TPSA) is 122 Å². The van der Waals surface area contributed by atoms with E-state index in [2.05, 4.69) is 71.7 Å². The number of aryl methyl sites for hydroxylation is 1. The summed E-state index contributed by atoms with van der Waals surface area (Å²) in [5.74, 6) is 0.808. The van der Waals surface area contributed by atoms with Crippen LogP contribution in [0.25, 0.3) is 10.8 Å². The quantitative estimate of drug-likeness (QED) is 0.569. The van der Waals surface area contributed by atoms with Crippen molar-refractivity contribution in [1.82, 2.24) is 4.90 Å². The minimum atomic E-state index is -4.69. The molecule has 0 atom stereocenters. The summed E-state index contributed by atoms with van der Waals surface area (Å²) in [6, 6.07) is 23.1. The van der Waals surface area contributed by atoms with Crippen molar-refractivity contribution >= 4 is 22.4 Å². The Morgan fingerprint density at radius 2 is 1.61 bits per heavy atom. The van der Waals surface area contributed by atoms with Crippen molar-refractivity contribution in [2.75, 3.05) is 25.0 Å². The summed E-state index contributed by atoms with van der Waals surface area (Å²) in [6.45, 7) is 4.52. The number of nitrogens with one attached hydrogen (secondary N) is 1. The van der Waals surface area contributed by atoms with Gasteiger partial charge >= 0.3 is 0 Å². The second-order valence-electron chi connectivity index (χ2n) is 8.33. The number of rotatable bonds is 5. The van der Waals surface area contributed by atoms with Crippen LogP contribution in [0, 0.1) is 23.1 Å². The number of amides is 1. The largest absolute Gasteiger partial charge is 0.324 e. The third kappa shape index (κ3) is 8.40. The van der Waals surface area contributed by atoms with Crippen LogP contribution in [0.2, 0.25) is 0 Å². The Bertz CT molecular complexity index is 1040. The van der Waals surface area contributed by atoms with Crippen LogP contribution in [-0.2, 0) is 11.2 Å². The van der Waals surface area contributed by atoms with Gasteiger partial charge in [0, 0.05) is 5.39 Å². The van der Waals surface area contributed by atoms with E-state index in [1.165, 1.54) is 5.56 Å². The molecule has 0 spiro atoms. The van der Waals surface area contributed by atoms with Crippen LogP contribution in [0.15, 0.2) is 66.7 Å². The van der Waals surface area contributed by atoms with Gasteiger partial charge in [-0.2, -0.15) is 14.0 Å². The number of hydrogen-bond acceptors (Lipinski definition) is 6. The Balaban J connectivity index is 0.000000555. The highest BCUT2D eigenvalue weighted by atomic mass is 35.7. The van der Waals surface area contributed by atoms with Gasteiger partial charge in [-0.05, 0) is 61.7 Å². The van der Waals surface area contributed by atoms with Gasteiger partial charge in [0.25, 0.3) is 0 Å². The first kappa shape index (κ1) is 25.1. The van der Waals surface area contributed by atoms with E-state index in [0.717, 1.165) is 60.3 Å². The van der Waals surface area contributed by atoms with Crippen LogP contribution < -0.4 is 19.3 Å². The zero-order chi connectivity index (χ0) is 23.8. The van der Waals surface area contributed by atoms with Crippen LogP contribution >= 0.6 is 0 Å². The maximum Gasteiger partial charge on any atom is 0.238 e. The molecule has 4 rings (SSSR count). The molecule has 0 aliphatic carbocycles. The van der Waals surface area contributed by atoms with E-state index in [1.54, 1.807) is 0 Å². The normalized spacial score (nSPS) is 15.1. The molecule has 3 aromatic rings. The number of carbonyl (C=O) groups is 1. The fourth-order valence-electron chi connectivity index (χ4n) is 4.22. The molecule has 0 unspecified atom stereocenters. The molecule has 1 amide bonds. The first-order chi connectivity index (χ1) is 15.7. The number of likely N-dealkylation sites (tertiary alicyclic amines) is 1. The average Bonchev–Trinajstić information content (AvgIpc) is 2.77. The molecule has 1 saturated heterocycles. The van der Waals surface area contributed by atoms with Crippen LogP contribution in [0.4, 0.5) is 5.69 Å². The van der Waals surface area contributed by atoms with Gasteiger partial charge < -0.3 is 5.32 Å². The zero-order valence-electron chi connectivity index (χ0n) is 18.6. The summed E-state index contributed by atoms with van der Waals surface area (Å²) in [6.07, 6.45) is 3.47. The maximum atomic E-state index is 12.7. The number of piperidine rings is 1. The van der Waals surface area contributed by atoms with Gasteiger partial charge in [0.2, 0.25) is 5.91 Å². The molecule has 1 fully saturated rings. The number of anilines is 1. The van der Waals surface area contributed by atoms with E-state index in [-0.39, 0.29) is 5.91 Å². The molecule has 3 aromatic carbocycles. The van der Waals surface area contributed by atoms with Gasteiger partial charge in [-0.15, -0.1) is 0 Å². The second kappa shape index (κ2) is 11.6. The molecule has 0 radical (unpaired) electrons. The summed E-state index contributed by atoms with van der Waals surface area (Å²) in [5.41, 5.74) is 3.47. The van der Waals surface area contributed by atoms with E-state index >= 15 is 0 Å². The monoisotopic (exact) mass is 472 g/mol. The fraction of sp³-hybridized carbons (Fsp3) is 0.320. The van der Waals surface area contributed by atoms with Crippen LogP contribution in [0.1, 0.15) is 24.0 Å². The molecule has 176 valence electrons. The van der Waals surface area contributed by atoms with Crippen LogP contribution in [0.3, 0.4) is 0 Å². The lowest BCUT2D eigenvalue weighted by Gasteiger charge is -2.31. The Kier molecular flexibility index (Phi) is 8.80. The number of carbonyl (C=O) groups excluding carboxylic acids is 1.